The first-order chi connectivity index (χ1) is 13.5. The van der Waals surface area contributed by atoms with Gasteiger partial charge >= 0.3 is 0 Å². The van der Waals surface area contributed by atoms with Crippen molar-refractivity contribution >= 4 is 50.8 Å². The Hall–Kier alpha value is -2.06. The minimum absolute atomic E-state index is 0.180. The number of hydrogen-bond donors (Lipinski definition) is 0. The van der Waals surface area contributed by atoms with Gasteiger partial charge in [0.2, 0.25) is 5.91 Å². The van der Waals surface area contributed by atoms with E-state index in [1.165, 1.54) is 0 Å². The highest BCUT2D eigenvalue weighted by Crippen LogP contribution is 2.35. The topological polar surface area (TPSA) is 66.9 Å². The van der Waals surface area contributed by atoms with Gasteiger partial charge in [0.05, 0.1) is 4.91 Å². The Morgan fingerprint density at radius 1 is 1.25 bits per heavy atom. The number of imide groups is 1. The van der Waals surface area contributed by atoms with Gasteiger partial charge in [-0.3, -0.25) is 19.3 Å². The predicted octanol–water partition coefficient (Wildman–Crippen LogP) is 4.06. The minimum Gasteiger partial charge on any atom is -0.489 e. The predicted molar refractivity (Wildman–Crippen MR) is 113 cm³/mol. The lowest BCUT2D eigenvalue weighted by molar-refractivity contribution is -0.136. The van der Waals surface area contributed by atoms with Gasteiger partial charge in [0.15, 0.2) is 0 Å². The van der Waals surface area contributed by atoms with E-state index in [0.717, 1.165) is 40.4 Å². The van der Waals surface area contributed by atoms with Crippen molar-refractivity contribution in [3.05, 3.63) is 45.8 Å². The van der Waals surface area contributed by atoms with Gasteiger partial charge in [-0.2, -0.15) is 0 Å². The van der Waals surface area contributed by atoms with Crippen molar-refractivity contribution in [2.45, 2.75) is 19.3 Å². The summed E-state index contributed by atoms with van der Waals surface area (Å²) in [5, 5.41) is -0.426. The molecule has 2 aliphatic heterocycles. The molecule has 28 heavy (non-hydrogen) atoms. The zero-order valence-corrected chi connectivity index (χ0v) is 17.8. The Morgan fingerprint density at radius 2 is 2.00 bits per heavy atom. The summed E-state index contributed by atoms with van der Waals surface area (Å²) in [6.45, 7) is 5.12. The van der Waals surface area contributed by atoms with E-state index in [-0.39, 0.29) is 17.4 Å². The molecule has 0 saturated carbocycles. The van der Waals surface area contributed by atoms with E-state index in [9.17, 15) is 14.4 Å². The smallest absolute Gasteiger partial charge is 0.294 e. The molecule has 3 rings (SSSR count). The summed E-state index contributed by atoms with van der Waals surface area (Å²) in [6, 6.07) is 5.42. The van der Waals surface area contributed by atoms with Gasteiger partial charge in [-0.25, -0.2) is 0 Å². The lowest BCUT2D eigenvalue weighted by Crippen LogP contribution is -2.44. The third-order valence-corrected chi connectivity index (χ3v) is 5.89. The molecule has 2 saturated heterocycles. The quantitative estimate of drug-likeness (QED) is 0.468. The molecule has 2 fully saturated rings. The van der Waals surface area contributed by atoms with E-state index in [2.05, 4.69) is 22.5 Å². The van der Waals surface area contributed by atoms with Gasteiger partial charge in [0.1, 0.15) is 18.9 Å². The second kappa shape index (κ2) is 9.43. The average molecular weight is 465 g/mol. The molecule has 0 N–H and O–H groups in total. The molecule has 3 amide bonds. The number of carbonyl (C=O) groups is 3. The van der Waals surface area contributed by atoms with E-state index in [4.69, 9.17) is 4.74 Å². The Morgan fingerprint density at radius 3 is 2.71 bits per heavy atom. The van der Waals surface area contributed by atoms with Crippen molar-refractivity contribution in [1.29, 1.82) is 0 Å². The van der Waals surface area contributed by atoms with Crippen LogP contribution in [0.4, 0.5) is 4.79 Å². The first-order valence-electron chi connectivity index (χ1n) is 9.06. The van der Waals surface area contributed by atoms with E-state index >= 15 is 0 Å². The van der Waals surface area contributed by atoms with Gasteiger partial charge in [-0.05, 0) is 55.3 Å². The molecule has 2 aliphatic rings. The average Bonchev–Trinajstić information content (AvgIpc) is 2.95. The number of thioether (sulfide) groups is 1. The number of benzene rings is 1. The summed E-state index contributed by atoms with van der Waals surface area (Å²) in [6.07, 6.45) is 6.29. The normalized spacial score (nSPS) is 18.7. The van der Waals surface area contributed by atoms with Crippen molar-refractivity contribution in [1.82, 2.24) is 9.80 Å². The molecule has 6 nitrogen and oxygen atoms in total. The maximum absolute atomic E-state index is 12.7. The molecule has 0 spiro atoms. The summed E-state index contributed by atoms with van der Waals surface area (Å²) in [4.78, 5) is 40.5. The Kier molecular flexibility index (Phi) is 6.96. The van der Waals surface area contributed by atoms with Crippen LogP contribution in [0.2, 0.25) is 0 Å². The minimum atomic E-state index is -0.449. The van der Waals surface area contributed by atoms with Crippen LogP contribution in [-0.2, 0) is 9.59 Å². The first kappa shape index (κ1) is 20.7. The summed E-state index contributed by atoms with van der Waals surface area (Å²) >= 11 is 4.25. The van der Waals surface area contributed by atoms with E-state index in [1.54, 1.807) is 23.1 Å². The number of rotatable bonds is 6. The molecule has 1 aromatic carbocycles. The molecular weight excluding hydrogens is 444 g/mol. The number of ether oxygens (including phenoxy) is 1. The van der Waals surface area contributed by atoms with Crippen molar-refractivity contribution in [2.24, 2.45) is 0 Å². The number of likely N-dealkylation sites (tertiary alicyclic amines) is 1. The largest absolute Gasteiger partial charge is 0.489 e. The van der Waals surface area contributed by atoms with Crippen LogP contribution in [0.25, 0.3) is 6.08 Å². The summed E-state index contributed by atoms with van der Waals surface area (Å²) in [7, 11) is 0. The molecule has 1 aromatic rings. The first-order valence-corrected chi connectivity index (χ1v) is 10.7. The number of carbonyl (C=O) groups excluding carboxylic acids is 3. The molecule has 2 heterocycles. The number of halogens is 1. The zero-order chi connectivity index (χ0) is 20.1. The van der Waals surface area contributed by atoms with Crippen LogP contribution >= 0.6 is 27.7 Å². The fraction of sp³-hybridized carbons (Fsp3) is 0.350. The number of amides is 3. The molecule has 0 radical (unpaired) electrons. The second-order valence-corrected chi connectivity index (χ2v) is 8.40. The lowest BCUT2D eigenvalue weighted by Gasteiger charge is -2.27. The number of hydrogen-bond acceptors (Lipinski definition) is 5. The highest BCUT2D eigenvalue weighted by Gasteiger charge is 2.37. The third kappa shape index (κ3) is 4.86. The SMILES string of the molecule is C=CCOc1ccc(Br)cc1/C=C1\SC(=O)N(CC(=O)N2CCCCC2)C1=O. The van der Waals surface area contributed by atoms with Crippen LogP contribution in [0.5, 0.6) is 5.75 Å². The Bertz CT molecular complexity index is 833. The third-order valence-electron chi connectivity index (χ3n) is 4.49. The van der Waals surface area contributed by atoms with Gasteiger partial charge in [0, 0.05) is 23.1 Å². The Balaban J connectivity index is 1.76. The van der Waals surface area contributed by atoms with Crippen LogP contribution in [0.1, 0.15) is 24.8 Å². The molecule has 148 valence electrons. The van der Waals surface area contributed by atoms with E-state index in [1.807, 2.05) is 12.1 Å². The van der Waals surface area contributed by atoms with Crippen LogP contribution in [-0.4, -0.2) is 53.1 Å². The van der Waals surface area contributed by atoms with Crippen LogP contribution < -0.4 is 4.74 Å². The van der Waals surface area contributed by atoms with Gasteiger partial charge in [-0.15, -0.1) is 0 Å². The van der Waals surface area contributed by atoms with Crippen molar-refractivity contribution in [3.63, 3.8) is 0 Å². The lowest BCUT2D eigenvalue weighted by atomic mass is 10.1. The van der Waals surface area contributed by atoms with Crippen molar-refractivity contribution in [3.8, 4) is 5.75 Å². The van der Waals surface area contributed by atoms with Gasteiger partial charge < -0.3 is 9.64 Å². The zero-order valence-electron chi connectivity index (χ0n) is 15.4. The van der Waals surface area contributed by atoms with Gasteiger partial charge in [0.25, 0.3) is 11.1 Å². The fourth-order valence-corrected chi connectivity index (χ4v) is 4.28. The van der Waals surface area contributed by atoms with E-state index < -0.39 is 11.1 Å². The summed E-state index contributed by atoms with van der Waals surface area (Å²) < 4.78 is 6.44. The summed E-state index contributed by atoms with van der Waals surface area (Å²) in [5.74, 6) is -0.0463. The van der Waals surface area contributed by atoms with Crippen molar-refractivity contribution in [2.75, 3.05) is 26.2 Å². The molecule has 0 aliphatic carbocycles. The van der Waals surface area contributed by atoms with Crippen LogP contribution in [0.3, 0.4) is 0 Å². The standard InChI is InChI=1S/C20H21BrN2O4S/c1-2-10-27-16-7-6-15(21)11-14(16)12-17-19(25)23(20(26)28-17)13-18(24)22-8-4-3-5-9-22/h2,6-7,11-12H,1,3-5,8-10,13H2/b17-12-. The highest BCUT2D eigenvalue weighted by molar-refractivity contribution is 9.10. The molecular formula is C20H21BrN2O4S. The fourth-order valence-electron chi connectivity index (χ4n) is 3.07. The monoisotopic (exact) mass is 464 g/mol. The Labute approximate surface area is 176 Å². The molecule has 0 atom stereocenters. The maximum Gasteiger partial charge on any atom is 0.294 e. The summed E-state index contributed by atoms with van der Waals surface area (Å²) in [5.41, 5.74) is 0.670. The molecule has 0 unspecified atom stereocenters. The van der Waals surface area contributed by atoms with Crippen LogP contribution in [0.15, 0.2) is 40.2 Å². The van der Waals surface area contributed by atoms with Crippen LogP contribution in [0, 0.1) is 0 Å². The number of piperidine rings is 1. The molecule has 8 heteroatoms. The molecule has 0 aromatic heterocycles. The number of nitrogens with zero attached hydrogens (tertiary/aromatic N) is 2. The van der Waals surface area contributed by atoms with Crippen molar-refractivity contribution < 1.29 is 19.1 Å². The van der Waals surface area contributed by atoms with Gasteiger partial charge in [-0.1, -0.05) is 28.6 Å². The molecule has 0 bridgehead atoms. The maximum atomic E-state index is 12.7. The second-order valence-electron chi connectivity index (χ2n) is 6.49. The highest BCUT2D eigenvalue weighted by atomic mass is 79.9. The van der Waals surface area contributed by atoms with E-state index in [0.29, 0.717) is 31.0 Å².